The largest absolute Gasteiger partial charge is 0.457 e. The SMILES string of the molecule is CC(C)(C)c1ccc(-c2ccc(-n3c4ccccc4c4ccc(Oc5cccc(N6CN(c7c(-c8cc(C(C)(C)C)cc(C(C)(C)C)c8)cccc7-c7ccc8c(c7)-c7ccccc7C87c8ccccc8Oc8ccccc87)c7ccccc76)c5)cc43)nc2)cc1. The van der Waals surface area contributed by atoms with E-state index in [1.807, 2.05) is 6.20 Å². The zero-order valence-corrected chi connectivity index (χ0v) is 53.1. The van der Waals surface area contributed by atoms with Gasteiger partial charge in [0, 0.05) is 62.6 Å². The van der Waals surface area contributed by atoms with Crippen molar-refractivity contribution in [1.82, 2.24) is 9.55 Å². The van der Waals surface area contributed by atoms with Gasteiger partial charge >= 0.3 is 0 Å². The predicted molar refractivity (Wildman–Crippen MR) is 377 cm³/mol. The van der Waals surface area contributed by atoms with Crippen LogP contribution in [0.4, 0.5) is 22.7 Å². The van der Waals surface area contributed by atoms with Crippen molar-refractivity contribution >= 4 is 44.6 Å². The van der Waals surface area contributed by atoms with E-state index in [1.54, 1.807) is 0 Å². The van der Waals surface area contributed by atoms with Gasteiger partial charge in [0.15, 0.2) is 0 Å². The van der Waals surface area contributed by atoms with Crippen LogP contribution in [0.15, 0.2) is 261 Å². The molecule has 13 aromatic rings. The molecule has 16 rings (SSSR count). The molecule has 4 heterocycles. The van der Waals surface area contributed by atoms with Crippen LogP contribution >= 0.6 is 0 Å². The lowest BCUT2D eigenvalue weighted by molar-refractivity contribution is 0.436. The molecule has 2 aromatic heterocycles. The summed E-state index contributed by atoms with van der Waals surface area (Å²) in [5.74, 6) is 4.11. The van der Waals surface area contributed by atoms with E-state index in [0.717, 1.165) is 107 Å². The van der Waals surface area contributed by atoms with Crippen LogP contribution in [0.25, 0.3) is 72.1 Å². The van der Waals surface area contributed by atoms with Crippen molar-refractivity contribution in [2.45, 2.75) is 84.0 Å². The third-order valence-electron chi connectivity index (χ3n) is 19.3. The molecule has 2 aliphatic heterocycles. The lowest BCUT2D eigenvalue weighted by atomic mass is 9.66. The lowest BCUT2D eigenvalue weighted by Crippen LogP contribution is -2.32. The number of benzene rings is 11. The highest BCUT2D eigenvalue weighted by Crippen LogP contribution is 2.63. The third kappa shape index (κ3) is 9.16. The highest BCUT2D eigenvalue weighted by Gasteiger charge is 2.51. The number of rotatable bonds is 8. The van der Waals surface area contributed by atoms with E-state index in [1.165, 1.54) is 50.1 Å². The topological polar surface area (TPSA) is 42.8 Å². The minimum atomic E-state index is -0.568. The van der Waals surface area contributed by atoms with Gasteiger partial charge in [0.2, 0.25) is 0 Å². The third-order valence-corrected chi connectivity index (χ3v) is 19.3. The quantitative estimate of drug-likeness (QED) is 0.152. The monoisotopic (exact) mass is 1180 g/mol. The van der Waals surface area contributed by atoms with Gasteiger partial charge in [0.25, 0.3) is 0 Å². The first-order chi connectivity index (χ1) is 44.0. The number of fused-ring (bicyclic) bond motifs is 13. The fourth-order valence-corrected chi connectivity index (χ4v) is 14.6. The van der Waals surface area contributed by atoms with Crippen LogP contribution in [0.2, 0.25) is 0 Å². The Morgan fingerprint density at radius 1 is 0.385 bits per heavy atom. The molecule has 0 atom stereocenters. The van der Waals surface area contributed by atoms with Crippen LogP contribution < -0.4 is 19.3 Å². The Hall–Kier alpha value is -10.4. The van der Waals surface area contributed by atoms with Crippen LogP contribution in [0.3, 0.4) is 0 Å². The second-order valence-corrected chi connectivity index (χ2v) is 28.0. The van der Waals surface area contributed by atoms with Gasteiger partial charge in [-0.15, -0.1) is 0 Å². The number of anilines is 4. The van der Waals surface area contributed by atoms with Crippen LogP contribution in [0.5, 0.6) is 23.0 Å². The summed E-state index contributed by atoms with van der Waals surface area (Å²) in [6.07, 6.45) is 1.99. The van der Waals surface area contributed by atoms with Crippen molar-refractivity contribution in [3.05, 3.63) is 300 Å². The van der Waals surface area contributed by atoms with E-state index in [2.05, 4.69) is 331 Å². The van der Waals surface area contributed by atoms with Gasteiger partial charge < -0.3 is 19.3 Å². The van der Waals surface area contributed by atoms with Crippen LogP contribution in [0, 0.1) is 0 Å². The molecule has 0 unspecified atom stereocenters. The Balaban J connectivity index is 0.802. The first-order valence-corrected chi connectivity index (χ1v) is 31.9. The van der Waals surface area contributed by atoms with Gasteiger partial charge in [0.1, 0.15) is 35.5 Å². The van der Waals surface area contributed by atoms with Crippen LogP contribution in [-0.2, 0) is 21.7 Å². The smallest absolute Gasteiger partial charge is 0.137 e. The molecule has 0 amide bonds. The molecule has 1 aliphatic carbocycles. The Labute approximate surface area is 534 Å². The minimum absolute atomic E-state index is 0.0854. The van der Waals surface area contributed by atoms with E-state index < -0.39 is 5.41 Å². The average molecular weight is 1180 g/mol. The molecule has 1 spiro atoms. The van der Waals surface area contributed by atoms with Crippen molar-refractivity contribution in [3.63, 3.8) is 0 Å². The lowest BCUT2D eigenvalue weighted by Gasteiger charge is -2.39. The molecule has 6 heteroatoms. The van der Waals surface area contributed by atoms with E-state index in [-0.39, 0.29) is 16.2 Å². The fraction of sp³-hybridized carbons (Fsp3) is 0.165. The van der Waals surface area contributed by atoms with Crippen molar-refractivity contribution < 1.29 is 9.47 Å². The molecular formula is C85H72N4O2. The first kappa shape index (κ1) is 55.9. The summed E-state index contributed by atoms with van der Waals surface area (Å²) in [5, 5.41) is 2.30. The van der Waals surface area contributed by atoms with E-state index >= 15 is 0 Å². The predicted octanol–water partition coefficient (Wildman–Crippen LogP) is 22.6. The molecule has 3 aliphatic rings. The maximum atomic E-state index is 6.98. The van der Waals surface area contributed by atoms with E-state index in [4.69, 9.17) is 14.5 Å². The maximum Gasteiger partial charge on any atom is 0.137 e. The summed E-state index contributed by atoms with van der Waals surface area (Å²) in [7, 11) is 0. The van der Waals surface area contributed by atoms with Crippen LogP contribution in [-0.4, -0.2) is 16.2 Å². The molecule has 11 aromatic carbocycles. The number of hydrogen-bond acceptors (Lipinski definition) is 5. The summed E-state index contributed by atoms with van der Waals surface area (Å²) in [6.45, 7) is 21.3. The summed E-state index contributed by atoms with van der Waals surface area (Å²) in [6, 6.07) is 93.4. The number of hydrogen-bond donors (Lipinski definition) is 0. The number of aromatic nitrogens is 2. The highest BCUT2D eigenvalue weighted by atomic mass is 16.5. The zero-order chi connectivity index (χ0) is 62.1. The molecule has 0 fully saturated rings. The van der Waals surface area contributed by atoms with Gasteiger partial charge in [-0.05, 0) is 145 Å². The molecule has 0 saturated carbocycles. The maximum absolute atomic E-state index is 6.98. The van der Waals surface area contributed by atoms with Crippen molar-refractivity contribution in [2.75, 3.05) is 16.5 Å². The van der Waals surface area contributed by atoms with Gasteiger partial charge in [-0.25, -0.2) is 4.98 Å². The molecule has 0 N–H and O–H groups in total. The Morgan fingerprint density at radius 2 is 0.945 bits per heavy atom. The summed E-state index contributed by atoms with van der Waals surface area (Å²) in [5.41, 5.74) is 24.0. The zero-order valence-electron chi connectivity index (χ0n) is 53.1. The van der Waals surface area contributed by atoms with Crippen LogP contribution in [0.1, 0.15) is 101 Å². The normalized spacial score (nSPS) is 13.9. The number of nitrogens with zero attached hydrogens (tertiary/aromatic N) is 4. The molecular weight excluding hydrogens is 1110 g/mol. The minimum Gasteiger partial charge on any atom is -0.457 e. The Morgan fingerprint density at radius 3 is 1.64 bits per heavy atom. The Bertz CT molecular complexity index is 4970. The van der Waals surface area contributed by atoms with Crippen molar-refractivity contribution in [2.24, 2.45) is 0 Å². The van der Waals surface area contributed by atoms with Crippen molar-refractivity contribution in [1.29, 1.82) is 0 Å². The summed E-state index contributed by atoms with van der Waals surface area (Å²) < 4.78 is 16.0. The molecule has 444 valence electrons. The fourth-order valence-electron chi connectivity index (χ4n) is 14.6. The van der Waals surface area contributed by atoms with Gasteiger partial charge in [-0.3, -0.25) is 4.57 Å². The van der Waals surface area contributed by atoms with E-state index in [9.17, 15) is 0 Å². The average Bonchev–Trinajstić information content (AvgIpc) is 1.58. The summed E-state index contributed by atoms with van der Waals surface area (Å²) >= 11 is 0. The van der Waals surface area contributed by atoms with Gasteiger partial charge in [-0.1, -0.05) is 232 Å². The second kappa shape index (κ2) is 20.8. The van der Waals surface area contributed by atoms with E-state index in [0.29, 0.717) is 6.67 Å². The van der Waals surface area contributed by atoms with Gasteiger partial charge in [0.05, 0.1) is 33.5 Å². The number of para-hydroxylation sites is 6. The molecule has 91 heavy (non-hydrogen) atoms. The van der Waals surface area contributed by atoms with Gasteiger partial charge in [-0.2, -0.15) is 0 Å². The molecule has 0 radical (unpaired) electrons. The molecule has 0 saturated heterocycles. The Kier molecular flexibility index (Phi) is 12.8. The second-order valence-electron chi connectivity index (χ2n) is 28.0. The number of ether oxygens (including phenoxy) is 2. The standard InChI is InChI=1S/C85H72N4O2/c1-82(2,3)58-40-36-54(37-41-58)56-39-45-80(86-52-56)89-74-31-15-11-25-67(74)68-43-42-63(51-77(68)89)90-62-23-20-22-61(50-62)87-53-88(76-33-17-16-32-75(76)87)81-64(26-21-27-65(81)57-46-59(83(4,5)6)49-60(47-57)84(7,8)9)55-38-44-71-69(48-55)66-24-10-12-28-70(66)85(71)72-29-13-18-34-78(72)91-79-35-19-14-30-73(79)85/h10-52H,53H2,1-9H3. The van der Waals surface area contributed by atoms with Crippen molar-refractivity contribution in [3.8, 4) is 73.3 Å². The first-order valence-electron chi connectivity index (χ1n) is 31.9. The summed E-state index contributed by atoms with van der Waals surface area (Å²) in [4.78, 5) is 10.1. The number of pyridine rings is 1. The highest BCUT2D eigenvalue weighted by molar-refractivity contribution is 6.09. The molecule has 6 nitrogen and oxygen atoms in total. The molecule has 0 bridgehead atoms.